The highest BCUT2D eigenvalue weighted by Gasteiger charge is 2.37. The lowest BCUT2D eigenvalue weighted by Crippen LogP contribution is -2.27. The first-order chi connectivity index (χ1) is 13.6. The van der Waals surface area contributed by atoms with Gasteiger partial charge in [0.2, 0.25) is 0 Å². The van der Waals surface area contributed by atoms with Crippen molar-refractivity contribution in [1.82, 2.24) is 4.41 Å². The molecule has 0 amide bonds. The molecule has 0 aliphatic carbocycles. The first-order valence-corrected chi connectivity index (χ1v) is 10.4. The minimum Gasteiger partial charge on any atom is -0.497 e. The van der Waals surface area contributed by atoms with Gasteiger partial charge in [-0.25, -0.2) is 0 Å². The molecular formula is C22H20N2O3S. The first kappa shape index (κ1) is 18.3. The second-order valence-electron chi connectivity index (χ2n) is 6.50. The quantitative estimate of drug-likeness (QED) is 0.653. The summed E-state index contributed by atoms with van der Waals surface area (Å²) in [7, 11) is -2.16. The largest absolute Gasteiger partial charge is 0.497 e. The Bertz CT molecular complexity index is 1080. The van der Waals surface area contributed by atoms with Crippen LogP contribution in [0.15, 0.2) is 94.9 Å². The van der Waals surface area contributed by atoms with Gasteiger partial charge in [0, 0.05) is 6.42 Å². The van der Waals surface area contributed by atoms with Crippen LogP contribution in [0.2, 0.25) is 0 Å². The van der Waals surface area contributed by atoms with Crippen molar-refractivity contribution in [2.24, 2.45) is 5.10 Å². The molecule has 142 valence electrons. The van der Waals surface area contributed by atoms with E-state index in [-0.39, 0.29) is 10.9 Å². The van der Waals surface area contributed by atoms with Crippen molar-refractivity contribution in [2.75, 3.05) is 7.11 Å². The van der Waals surface area contributed by atoms with E-state index in [9.17, 15) is 8.42 Å². The summed E-state index contributed by atoms with van der Waals surface area (Å²) in [6.07, 6.45) is 0.502. The molecule has 1 aliphatic rings. The van der Waals surface area contributed by atoms with Crippen molar-refractivity contribution >= 4 is 15.7 Å². The van der Waals surface area contributed by atoms with E-state index < -0.39 is 10.0 Å². The molecular weight excluding hydrogens is 372 g/mol. The second kappa shape index (κ2) is 7.48. The Labute approximate surface area is 164 Å². The van der Waals surface area contributed by atoms with E-state index in [1.54, 1.807) is 37.4 Å². The van der Waals surface area contributed by atoms with Crippen molar-refractivity contribution in [2.45, 2.75) is 17.4 Å². The average molecular weight is 392 g/mol. The first-order valence-electron chi connectivity index (χ1n) is 8.96. The normalized spacial score (nSPS) is 16.7. The number of hydrazone groups is 1. The maximum Gasteiger partial charge on any atom is 0.279 e. The third kappa shape index (κ3) is 3.39. The summed E-state index contributed by atoms with van der Waals surface area (Å²) in [4.78, 5) is 0.232. The molecule has 0 bridgehead atoms. The predicted molar refractivity (Wildman–Crippen MR) is 109 cm³/mol. The predicted octanol–water partition coefficient (Wildman–Crippen LogP) is 4.24. The van der Waals surface area contributed by atoms with E-state index in [0.717, 1.165) is 22.6 Å². The highest BCUT2D eigenvalue weighted by molar-refractivity contribution is 7.89. The highest BCUT2D eigenvalue weighted by atomic mass is 32.2. The molecule has 28 heavy (non-hydrogen) atoms. The molecule has 0 radical (unpaired) electrons. The molecule has 0 aromatic heterocycles. The van der Waals surface area contributed by atoms with Crippen LogP contribution >= 0.6 is 0 Å². The maximum atomic E-state index is 13.3. The summed E-state index contributed by atoms with van der Waals surface area (Å²) in [5.41, 5.74) is 2.53. The van der Waals surface area contributed by atoms with Gasteiger partial charge in [0.25, 0.3) is 10.0 Å². The van der Waals surface area contributed by atoms with E-state index >= 15 is 0 Å². The Morgan fingerprint density at radius 3 is 2.11 bits per heavy atom. The summed E-state index contributed by atoms with van der Waals surface area (Å²) in [6.45, 7) is 0. The number of nitrogens with zero attached hydrogens (tertiary/aromatic N) is 2. The van der Waals surface area contributed by atoms with Crippen molar-refractivity contribution in [3.8, 4) is 5.75 Å². The van der Waals surface area contributed by atoms with Crippen molar-refractivity contribution in [3.05, 3.63) is 96.1 Å². The molecule has 0 saturated heterocycles. The monoisotopic (exact) mass is 392 g/mol. The van der Waals surface area contributed by atoms with Crippen LogP contribution in [0.1, 0.15) is 23.6 Å². The fourth-order valence-electron chi connectivity index (χ4n) is 3.29. The molecule has 0 saturated carbocycles. The maximum absolute atomic E-state index is 13.3. The van der Waals surface area contributed by atoms with E-state index in [2.05, 4.69) is 5.10 Å². The van der Waals surface area contributed by atoms with Gasteiger partial charge in [0.15, 0.2) is 0 Å². The van der Waals surface area contributed by atoms with Crippen LogP contribution < -0.4 is 4.74 Å². The zero-order valence-corrected chi connectivity index (χ0v) is 16.2. The molecule has 1 heterocycles. The van der Waals surface area contributed by atoms with Gasteiger partial charge in [-0.15, -0.1) is 0 Å². The fourth-order valence-corrected chi connectivity index (χ4v) is 4.75. The lowest BCUT2D eigenvalue weighted by molar-refractivity contribution is 0.371. The van der Waals surface area contributed by atoms with Crippen molar-refractivity contribution in [1.29, 1.82) is 0 Å². The molecule has 6 heteroatoms. The Hall–Kier alpha value is -3.12. The summed E-state index contributed by atoms with van der Waals surface area (Å²) >= 11 is 0. The molecule has 0 N–H and O–H groups in total. The van der Waals surface area contributed by atoms with Gasteiger partial charge < -0.3 is 4.74 Å². The van der Waals surface area contributed by atoms with E-state index in [1.165, 1.54) is 4.41 Å². The topological polar surface area (TPSA) is 59.0 Å². The smallest absolute Gasteiger partial charge is 0.279 e. The number of benzene rings is 3. The SMILES string of the molecule is COc1ccc(C2=NN(S(=O)(=O)c3ccccc3)[C@H](c3ccccc3)C2)cc1. The summed E-state index contributed by atoms with van der Waals surface area (Å²) in [6, 6.07) is 25.1. The number of hydrogen-bond donors (Lipinski definition) is 0. The molecule has 3 aromatic rings. The Balaban J connectivity index is 1.77. The van der Waals surface area contributed by atoms with Crippen LogP contribution in [0, 0.1) is 0 Å². The van der Waals surface area contributed by atoms with Gasteiger partial charge in [-0.1, -0.05) is 48.5 Å². The number of sulfonamides is 1. The Kier molecular flexibility index (Phi) is 4.88. The van der Waals surface area contributed by atoms with Gasteiger partial charge in [-0.2, -0.15) is 17.9 Å². The molecule has 0 unspecified atom stereocenters. The summed E-state index contributed by atoms with van der Waals surface area (Å²) in [5.74, 6) is 0.746. The van der Waals surface area contributed by atoms with Gasteiger partial charge in [-0.05, 0) is 47.5 Å². The van der Waals surface area contributed by atoms with Gasteiger partial charge in [-0.3, -0.25) is 0 Å². The number of methoxy groups -OCH3 is 1. The zero-order chi connectivity index (χ0) is 19.6. The van der Waals surface area contributed by atoms with Crippen LogP contribution in [0.3, 0.4) is 0 Å². The lowest BCUT2D eigenvalue weighted by atomic mass is 9.99. The molecule has 3 aromatic carbocycles. The molecule has 4 rings (SSSR count). The van der Waals surface area contributed by atoms with Crippen LogP contribution in [-0.4, -0.2) is 25.7 Å². The minimum absolute atomic E-state index is 0.232. The number of ether oxygens (including phenoxy) is 1. The second-order valence-corrected chi connectivity index (χ2v) is 8.29. The van der Waals surface area contributed by atoms with E-state index in [1.807, 2.05) is 54.6 Å². The third-order valence-corrected chi connectivity index (χ3v) is 6.46. The van der Waals surface area contributed by atoms with E-state index in [0.29, 0.717) is 6.42 Å². The van der Waals surface area contributed by atoms with Crippen LogP contribution in [0.5, 0.6) is 5.75 Å². The molecule has 5 nitrogen and oxygen atoms in total. The van der Waals surface area contributed by atoms with E-state index in [4.69, 9.17) is 4.74 Å². The Morgan fingerprint density at radius 1 is 0.893 bits per heavy atom. The summed E-state index contributed by atoms with van der Waals surface area (Å²) in [5, 5.41) is 4.54. The van der Waals surface area contributed by atoms with Crippen LogP contribution in [-0.2, 0) is 10.0 Å². The van der Waals surface area contributed by atoms with Crippen molar-refractivity contribution in [3.63, 3.8) is 0 Å². The van der Waals surface area contributed by atoms with Crippen molar-refractivity contribution < 1.29 is 13.2 Å². The van der Waals surface area contributed by atoms with Gasteiger partial charge in [0.1, 0.15) is 5.75 Å². The standard InChI is InChI=1S/C22H20N2O3S/c1-27-19-14-12-17(13-15-19)21-16-22(18-8-4-2-5-9-18)24(23-21)28(25,26)20-10-6-3-7-11-20/h2-15,22H,16H2,1H3/t22-/m0/s1. The molecule has 1 aliphatic heterocycles. The summed E-state index contributed by atoms with van der Waals surface area (Å²) < 4.78 is 33.0. The fraction of sp³-hybridized carbons (Fsp3) is 0.136. The number of hydrogen-bond acceptors (Lipinski definition) is 4. The third-order valence-electron chi connectivity index (χ3n) is 4.77. The van der Waals surface area contributed by atoms with Gasteiger partial charge in [0.05, 0.1) is 23.8 Å². The molecule has 0 spiro atoms. The number of rotatable bonds is 5. The average Bonchev–Trinajstić information content (AvgIpc) is 3.21. The zero-order valence-electron chi connectivity index (χ0n) is 15.4. The molecule has 1 atom stereocenters. The molecule has 0 fully saturated rings. The highest BCUT2D eigenvalue weighted by Crippen LogP contribution is 2.37. The van der Waals surface area contributed by atoms with Gasteiger partial charge >= 0.3 is 0 Å². The minimum atomic E-state index is -3.77. The Morgan fingerprint density at radius 2 is 1.50 bits per heavy atom. The lowest BCUT2D eigenvalue weighted by Gasteiger charge is -2.23. The van der Waals surface area contributed by atoms with Crippen LogP contribution in [0.25, 0.3) is 0 Å². The van der Waals surface area contributed by atoms with Crippen LogP contribution in [0.4, 0.5) is 0 Å².